The third kappa shape index (κ3) is 4.31. The lowest BCUT2D eigenvalue weighted by atomic mass is 10.2. The van der Waals surface area contributed by atoms with Crippen LogP contribution in [0.3, 0.4) is 0 Å². The van der Waals surface area contributed by atoms with Crippen molar-refractivity contribution in [1.82, 2.24) is 14.9 Å². The van der Waals surface area contributed by atoms with Crippen molar-refractivity contribution in [2.45, 2.75) is 58.8 Å². The summed E-state index contributed by atoms with van der Waals surface area (Å²) in [4.78, 5) is 22.2. The molecule has 1 aliphatic heterocycles. The summed E-state index contributed by atoms with van der Waals surface area (Å²) in [6.07, 6.45) is 3.65. The molecular formula is C15H23N3O3. The van der Waals surface area contributed by atoms with Crippen LogP contribution in [0, 0.1) is 6.92 Å². The van der Waals surface area contributed by atoms with Crippen molar-refractivity contribution in [1.29, 1.82) is 0 Å². The molecule has 2 heterocycles. The van der Waals surface area contributed by atoms with Gasteiger partial charge in [-0.1, -0.05) is 0 Å². The van der Waals surface area contributed by atoms with Gasteiger partial charge in [0.05, 0.1) is 18.4 Å². The van der Waals surface area contributed by atoms with Crippen molar-refractivity contribution in [3.63, 3.8) is 0 Å². The first-order valence-corrected chi connectivity index (χ1v) is 7.19. The van der Waals surface area contributed by atoms with Crippen LogP contribution in [0.25, 0.3) is 0 Å². The zero-order valence-electron chi connectivity index (χ0n) is 13.3. The summed E-state index contributed by atoms with van der Waals surface area (Å²) in [6, 6.07) is 0.0858. The number of hydrogen-bond donors (Lipinski definition) is 0. The van der Waals surface area contributed by atoms with Crippen molar-refractivity contribution in [2.24, 2.45) is 0 Å². The van der Waals surface area contributed by atoms with Crippen LogP contribution in [0.15, 0.2) is 12.4 Å². The minimum absolute atomic E-state index is 0.0800. The van der Waals surface area contributed by atoms with E-state index in [0.717, 1.165) is 12.1 Å². The molecule has 0 aromatic carbocycles. The molecule has 6 heteroatoms. The van der Waals surface area contributed by atoms with Gasteiger partial charge in [-0.25, -0.2) is 9.78 Å². The zero-order chi connectivity index (χ0) is 15.6. The van der Waals surface area contributed by atoms with Crippen LogP contribution in [0.2, 0.25) is 0 Å². The first-order valence-electron chi connectivity index (χ1n) is 7.19. The zero-order valence-corrected chi connectivity index (χ0v) is 13.3. The average molecular weight is 293 g/mol. The molecule has 0 unspecified atom stereocenters. The highest BCUT2D eigenvalue weighted by atomic mass is 16.6. The smallest absolute Gasteiger partial charge is 0.410 e. The Labute approximate surface area is 125 Å². The molecule has 2 rings (SSSR count). The molecule has 0 radical (unpaired) electrons. The van der Waals surface area contributed by atoms with E-state index in [-0.39, 0.29) is 18.2 Å². The van der Waals surface area contributed by atoms with E-state index in [1.54, 1.807) is 17.3 Å². The second-order valence-corrected chi connectivity index (χ2v) is 6.46. The summed E-state index contributed by atoms with van der Waals surface area (Å²) >= 11 is 0. The average Bonchev–Trinajstić information content (AvgIpc) is 2.68. The van der Waals surface area contributed by atoms with Gasteiger partial charge in [0.25, 0.3) is 0 Å². The Bertz CT molecular complexity index is 513. The van der Waals surface area contributed by atoms with Gasteiger partial charge in [-0.3, -0.25) is 4.98 Å². The van der Waals surface area contributed by atoms with Crippen molar-refractivity contribution >= 4 is 6.09 Å². The molecule has 0 aliphatic carbocycles. The molecule has 1 amide bonds. The number of aromatic nitrogens is 2. The van der Waals surface area contributed by atoms with E-state index in [2.05, 4.69) is 9.97 Å². The molecule has 0 bridgehead atoms. The molecule has 1 aliphatic rings. The lowest BCUT2D eigenvalue weighted by molar-refractivity contribution is 0.0223. The SMILES string of the molecule is Cc1cncc(O[C@@H]2C[C@H](C)N(C(=O)OC(C)(C)C)C2)n1. The number of hydrogen-bond acceptors (Lipinski definition) is 5. The second kappa shape index (κ2) is 5.87. The molecular weight excluding hydrogens is 270 g/mol. The summed E-state index contributed by atoms with van der Waals surface area (Å²) in [7, 11) is 0. The summed E-state index contributed by atoms with van der Waals surface area (Å²) in [6.45, 7) is 9.96. The van der Waals surface area contributed by atoms with Crippen molar-refractivity contribution in [3.8, 4) is 5.88 Å². The third-order valence-corrected chi connectivity index (χ3v) is 3.18. The Balaban J connectivity index is 1.96. The molecule has 6 nitrogen and oxygen atoms in total. The number of nitrogens with zero attached hydrogens (tertiary/aromatic N) is 3. The quantitative estimate of drug-likeness (QED) is 0.838. The van der Waals surface area contributed by atoms with Gasteiger partial charge >= 0.3 is 6.09 Å². The van der Waals surface area contributed by atoms with Crippen LogP contribution < -0.4 is 4.74 Å². The van der Waals surface area contributed by atoms with Gasteiger partial charge in [0, 0.05) is 18.7 Å². The van der Waals surface area contributed by atoms with E-state index >= 15 is 0 Å². The minimum atomic E-state index is -0.488. The minimum Gasteiger partial charge on any atom is -0.471 e. The van der Waals surface area contributed by atoms with Crippen LogP contribution in [-0.4, -0.2) is 45.3 Å². The fourth-order valence-corrected chi connectivity index (χ4v) is 2.31. The monoisotopic (exact) mass is 293 g/mol. The predicted molar refractivity (Wildman–Crippen MR) is 78.2 cm³/mol. The maximum atomic E-state index is 12.1. The molecule has 116 valence electrons. The summed E-state index contributed by atoms with van der Waals surface area (Å²) in [5.74, 6) is 0.498. The lowest BCUT2D eigenvalue weighted by Gasteiger charge is -2.26. The molecule has 1 aromatic rings. The van der Waals surface area contributed by atoms with E-state index in [4.69, 9.17) is 9.47 Å². The number of amides is 1. The Hall–Kier alpha value is -1.85. The van der Waals surface area contributed by atoms with Gasteiger partial charge in [-0.2, -0.15) is 0 Å². The summed E-state index contributed by atoms with van der Waals surface area (Å²) in [5.41, 5.74) is 0.320. The second-order valence-electron chi connectivity index (χ2n) is 6.46. The molecule has 1 saturated heterocycles. The van der Waals surface area contributed by atoms with Gasteiger partial charge in [0.15, 0.2) is 0 Å². The largest absolute Gasteiger partial charge is 0.471 e. The molecule has 2 atom stereocenters. The van der Waals surface area contributed by atoms with Gasteiger partial charge in [0.1, 0.15) is 11.7 Å². The number of carbonyl (C=O) groups excluding carboxylic acids is 1. The first kappa shape index (κ1) is 15.5. The van der Waals surface area contributed by atoms with E-state index < -0.39 is 5.60 Å². The van der Waals surface area contributed by atoms with Gasteiger partial charge in [0.2, 0.25) is 5.88 Å². The van der Waals surface area contributed by atoms with E-state index in [1.165, 1.54) is 0 Å². The van der Waals surface area contributed by atoms with Gasteiger partial charge in [-0.05, 0) is 34.6 Å². The highest BCUT2D eigenvalue weighted by Crippen LogP contribution is 2.23. The van der Waals surface area contributed by atoms with E-state index in [0.29, 0.717) is 12.4 Å². The van der Waals surface area contributed by atoms with Crippen LogP contribution >= 0.6 is 0 Å². The molecule has 0 N–H and O–H groups in total. The summed E-state index contributed by atoms with van der Waals surface area (Å²) < 4.78 is 11.2. The number of aryl methyl sites for hydroxylation is 1. The third-order valence-electron chi connectivity index (χ3n) is 3.18. The van der Waals surface area contributed by atoms with Crippen LogP contribution in [0.1, 0.15) is 39.8 Å². The molecule has 21 heavy (non-hydrogen) atoms. The molecule has 0 saturated carbocycles. The highest BCUT2D eigenvalue weighted by Gasteiger charge is 2.36. The standard InChI is InChI=1S/C15H23N3O3/c1-10-7-16-8-13(17-10)20-12-6-11(2)18(9-12)14(19)21-15(3,4)5/h7-8,11-12H,6,9H2,1-5H3/t11-,12+/m0/s1. The fourth-order valence-electron chi connectivity index (χ4n) is 2.31. The molecule has 1 fully saturated rings. The number of rotatable bonds is 2. The normalized spacial score (nSPS) is 22.2. The number of ether oxygens (including phenoxy) is 2. The Morgan fingerprint density at radius 3 is 2.71 bits per heavy atom. The maximum absolute atomic E-state index is 12.1. The topological polar surface area (TPSA) is 64.5 Å². The van der Waals surface area contributed by atoms with E-state index in [9.17, 15) is 4.79 Å². The lowest BCUT2D eigenvalue weighted by Crippen LogP contribution is -2.39. The summed E-state index contributed by atoms with van der Waals surface area (Å²) in [5, 5.41) is 0. The van der Waals surface area contributed by atoms with Crippen molar-refractivity contribution in [2.75, 3.05) is 6.54 Å². The van der Waals surface area contributed by atoms with Crippen LogP contribution in [-0.2, 0) is 4.74 Å². The molecule has 1 aromatic heterocycles. The van der Waals surface area contributed by atoms with E-state index in [1.807, 2.05) is 34.6 Å². The number of likely N-dealkylation sites (tertiary alicyclic amines) is 1. The van der Waals surface area contributed by atoms with Gasteiger partial charge in [-0.15, -0.1) is 0 Å². The van der Waals surface area contributed by atoms with Crippen LogP contribution in [0.5, 0.6) is 5.88 Å². The Kier molecular flexibility index (Phi) is 4.34. The molecule has 0 spiro atoms. The van der Waals surface area contributed by atoms with Crippen molar-refractivity contribution < 1.29 is 14.3 Å². The van der Waals surface area contributed by atoms with Crippen LogP contribution in [0.4, 0.5) is 4.79 Å². The van der Waals surface area contributed by atoms with Gasteiger partial charge < -0.3 is 14.4 Å². The fraction of sp³-hybridized carbons (Fsp3) is 0.667. The Morgan fingerprint density at radius 2 is 2.10 bits per heavy atom. The highest BCUT2D eigenvalue weighted by molar-refractivity contribution is 5.69. The first-order chi connectivity index (χ1) is 9.74. The maximum Gasteiger partial charge on any atom is 0.410 e. The Morgan fingerprint density at radius 1 is 1.38 bits per heavy atom. The number of carbonyl (C=O) groups is 1. The predicted octanol–water partition coefficient (Wildman–Crippen LogP) is 2.56. The van der Waals surface area contributed by atoms with Crippen molar-refractivity contribution in [3.05, 3.63) is 18.1 Å².